The molecule has 0 spiro atoms. The monoisotopic (exact) mass is 273 g/mol. The average molecular weight is 273 g/mol. The third-order valence-corrected chi connectivity index (χ3v) is 2.74. The first-order valence-electron chi connectivity index (χ1n) is 6.33. The van der Waals surface area contributed by atoms with Crippen molar-refractivity contribution in [3.8, 4) is 28.6 Å². The summed E-state index contributed by atoms with van der Waals surface area (Å²) < 4.78 is 16.2. The summed E-state index contributed by atoms with van der Waals surface area (Å²) in [6, 6.07) is 7.37. The van der Waals surface area contributed by atoms with E-state index in [1.807, 2.05) is 32.0 Å². The van der Waals surface area contributed by atoms with E-state index in [-0.39, 0.29) is 18.8 Å². The van der Waals surface area contributed by atoms with Gasteiger partial charge in [0, 0.05) is 11.6 Å². The van der Waals surface area contributed by atoms with Crippen LogP contribution >= 0.6 is 0 Å². The van der Waals surface area contributed by atoms with Gasteiger partial charge in [-0.15, -0.1) is 0 Å². The highest BCUT2D eigenvalue weighted by Crippen LogP contribution is 2.36. The van der Waals surface area contributed by atoms with E-state index < -0.39 is 0 Å². The predicted molar refractivity (Wildman–Crippen MR) is 73.8 cm³/mol. The lowest BCUT2D eigenvalue weighted by molar-refractivity contribution is 0.174. The third-order valence-electron chi connectivity index (χ3n) is 2.74. The number of hydrogen-bond donors (Lipinski definition) is 1. The molecule has 1 aliphatic heterocycles. The standard InChI is InChI=1S/C14H15N3O3/c1-8(2)20-13-6-10(16-14(15)17-13)9-3-4-11-12(5-9)19-7-18-11/h3-6,8H,7H2,1-2H3,(H2,15,16,17). The summed E-state index contributed by atoms with van der Waals surface area (Å²) in [4.78, 5) is 8.29. The van der Waals surface area contributed by atoms with Gasteiger partial charge in [0.15, 0.2) is 11.5 Å². The van der Waals surface area contributed by atoms with Crippen LogP contribution in [-0.2, 0) is 0 Å². The lowest BCUT2D eigenvalue weighted by atomic mass is 10.1. The van der Waals surface area contributed by atoms with Crippen LogP contribution in [-0.4, -0.2) is 22.9 Å². The smallest absolute Gasteiger partial charge is 0.231 e. The number of hydrogen-bond acceptors (Lipinski definition) is 6. The van der Waals surface area contributed by atoms with Crippen LogP contribution in [0.25, 0.3) is 11.3 Å². The first kappa shape index (κ1) is 12.5. The van der Waals surface area contributed by atoms with Crippen LogP contribution in [0.4, 0.5) is 5.95 Å². The van der Waals surface area contributed by atoms with Gasteiger partial charge in [0.05, 0.1) is 11.8 Å². The fourth-order valence-electron chi connectivity index (χ4n) is 1.95. The van der Waals surface area contributed by atoms with E-state index in [4.69, 9.17) is 19.9 Å². The minimum atomic E-state index is 0.0221. The topological polar surface area (TPSA) is 79.5 Å². The summed E-state index contributed by atoms with van der Waals surface area (Å²) in [5.41, 5.74) is 7.29. The van der Waals surface area contributed by atoms with Gasteiger partial charge >= 0.3 is 0 Å². The van der Waals surface area contributed by atoms with Crippen molar-refractivity contribution in [1.82, 2.24) is 9.97 Å². The molecule has 0 bridgehead atoms. The van der Waals surface area contributed by atoms with Gasteiger partial charge in [-0.3, -0.25) is 0 Å². The zero-order valence-electron chi connectivity index (χ0n) is 11.3. The molecule has 0 saturated heterocycles. The van der Waals surface area contributed by atoms with Crippen molar-refractivity contribution in [2.24, 2.45) is 0 Å². The van der Waals surface area contributed by atoms with Crippen molar-refractivity contribution in [2.45, 2.75) is 20.0 Å². The second-order valence-corrected chi connectivity index (χ2v) is 4.68. The fourth-order valence-corrected chi connectivity index (χ4v) is 1.95. The van der Waals surface area contributed by atoms with E-state index in [9.17, 15) is 0 Å². The molecule has 0 aliphatic carbocycles. The van der Waals surface area contributed by atoms with E-state index >= 15 is 0 Å². The van der Waals surface area contributed by atoms with Gasteiger partial charge in [-0.2, -0.15) is 4.98 Å². The SMILES string of the molecule is CC(C)Oc1cc(-c2ccc3c(c2)OCO3)nc(N)n1. The zero-order valence-corrected chi connectivity index (χ0v) is 11.3. The predicted octanol–water partition coefficient (Wildman–Crippen LogP) is 2.24. The number of benzene rings is 1. The molecule has 1 aromatic carbocycles. The van der Waals surface area contributed by atoms with E-state index in [2.05, 4.69) is 9.97 Å². The maximum Gasteiger partial charge on any atom is 0.231 e. The van der Waals surface area contributed by atoms with Gasteiger partial charge in [0.2, 0.25) is 18.6 Å². The Kier molecular flexibility index (Phi) is 3.06. The van der Waals surface area contributed by atoms with Crippen LogP contribution in [0.2, 0.25) is 0 Å². The molecular formula is C14H15N3O3. The van der Waals surface area contributed by atoms with E-state index in [1.165, 1.54) is 0 Å². The molecule has 6 nitrogen and oxygen atoms in total. The maximum atomic E-state index is 5.73. The molecule has 2 N–H and O–H groups in total. The Balaban J connectivity index is 1.99. The molecule has 20 heavy (non-hydrogen) atoms. The molecule has 0 radical (unpaired) electrons. The van der Waals surface area contributed by atoms with Crippen LogP contribution in [0.3, 0.4) is 0 Å². The summed E-state index contributed by atoms with van der Waals surface area (Å²) in [7, 11) is 0. The normalized spacial score (nSPS) is 12.8. The first-order chi connectivity index (χ1) is 9.61. The van der Waals surface area contributed by atoms with Crippen LogP contribution in [0.15, 0.2) is 24.3 Å². The van der Waals surface area contributed by atoms with E-state index in [1.54, 1.807) is 6.07 Å². The number of rotatable bonds is 3. The number of nitrogens with two attached hydrogens (primary N) is 1. The van der Waals surface area contributed by atoms with Crippen molar-refractivity contribution in [1.29, 1.82) is 0 Å². The Labute approximate surface area is 116 Å². The van der Waals surface area contributed by atoms with Gasteiger partial charge in [-0.25, -0.2) is 4.98 Å². The molecule has 0 atom stereocenters. The Hall–Kier alpha value is -2.50. The molecule has 6 heteroatoms. The van der Waals surface area contributed by atoms with Crippen LogP contribution in [0, 0.1) is 0 Å². The van der Waals surface area contributed by atoms with Crippen molar-refractivity contribution in [3.05, 3.63) is 24.3 Å². The number of nitrogen functional groups attached to an aromatic ring is 1. The Bertz CT molecular complexity index is 644. The fraction of sp³-hybridized carbons (Fsp3) is 0.286. The largest absolute Gasteiger partial charge is 0.475 e. The van der Waals surface area contributed by atoms with Crippen molar-refractivity contribution in [2.75, 3.05) is 12.5 Å². The number of fused-ring (bicyclic) bond motifs is 1. The van der Waals surface area contributed by atoms with Gasteiger partial charge < -0.3 is 19.9 Å². The average Bonchev–Trinajstić information content (AvgIpc) is 2.84. The first-order valence-corrected chi connectivity index (χ1v) is 6.33. The Morgan fingerprint density at radius 1 is 1.15 bits per heavy atom. The molecule has 0 saturated carbocycles. The highest BCUT2D eigenvalue weighted by Gasteiger charge is 2.15. The van der Waals surface area contributed by atoms with Crippen molar-refractivity contribution >= 4 is 5.95 Å². The number of aromatic nitrogens is 2. The van der Waals surface area contributed by atoms with Crippen molar-refractivity contribution in [3.63, 3.8) is 0 Å². The van der Waals surface area contributed by atoms with E-state index in [0.29, 0.717) is 17.3 Å². The minimum absolute atomic E-state index is 0.0221. The summed E-state index contributed by atoms with van der Waals surface area (Å²) in [5, 5.41) is 0. The van der Waals surface area contributed by atoms with Crippen LogP contribution in [0.1, 0.15) is 13.8 Å². The van der Waals surface area contributed by atoms with Gasteiger partial charge in [0.1, 0.15) is 0 Å². The van der Waals surface area contributed by atoms with E-state index in [0.717, 1.165) is 11.3 Å². The zero-order chi connectivity index (χ0) is 14.1. The molecule has 104 valence electrons. The summed E-state index contributed by atoms with van der Waals surface area (Å²) >= 11 is 0. The van der Waals surface area contributed by atoms with Gasteiger partial charge in [-0.05, 0) is 32.0 Å². The number of anilines is 1. The lowest BCUT2D eigenvalue weighted by Gasteiger charge is -2.10. The highest BCUT2D eigenvalue weighted by atomic mass is 16.7. The van der Waals surface area contributed by atoms with Gasteiger partial charge in [0.25, 0.3) is 0 Å². The third kappa shape index (κ3) is 2.45. The maximum absolute atomic E-state index is 5.73. The van der Waals surface area contributed by atoms with Crippen molar-refractivity contribution < 1.29 is 14.2 Å². The van der Waals surface area contributed by atoms with Gasteiger partial charge in [-0.1, -0.05) is 0 Å². The highest BCUT2D eigenvalue weighted by molar-refractivity contribution is 5.65. The molecule has 3 rings (SSSR count). The molecule has 1 aliphatic rings. The second-order valence-electron chi connectivity index (χ2n) is 4.68. The molecule has 1 aromatic heterocycles. The minimum Gasteiger partial charge on any atom is -0.475 e. The second kappa shape index (κ2) is 4.88. The molecule has 0 fully saturated rings. The summed E-state index contributed by atoms with van der Waals surface area (Å²) in [5.74, 6) is 2.07. The molecular weight excluding hydrogens is 258 g/mol. The molecule has 0 unspecified atom stereocenters. The van der Waals surface area contributed by atoms with Crippen LogP contribution < -0.4 is 19.9 Å². The van der Waals surface area contributed by atoms with Crippen LogP contribution in [0.5, 0.6) is 17.4 Å². The summed E-state index contributed by atoms with van der Waals surface area (Å²) in [6.45, 7) is 4.10. The Morgan fingerprint density at radius 3 is 2.75 bits per heavy atom. The Morgan fingerprint density at radius 2 is 1.95 bits per heavy atom. The molecule has 0 amide bonds. The lowest BCUT2D eigenvalue weighted by Crippen LogP contribution is -2.08. The molecule has 2 heterocycles. The summed E-state index contributed by atoms with van der Waals surface area (Å²) in [6.07, 6.45) is 0.0221. The number of ether oxygens (including phenoxy) is 3. The molecule has 2 aromatic rings. The quantitative estimate of drug-likeness (QED) is 0.923. The number of nitrogens with zero attached hydrogens (tertiary/aromatic N) is 2.